The molecule has 0 spiro atoms. The molecule has 112 valence electrons. The van der Waals surface area contributed by atoms with Crippen molar-refractivity contribution < 1.29 is 0 Å². The lowest BCUT2D eigenvalue weighted by Gasteiger charge is -2.32. The minimum Gasteiger partial charge on any atom is -0.361 e. The minimum atomic E-state index is 0.442. The highest BCUT2D eigenvalue weighted by Crippen LogP contribution is 2.34. The number of piperidine rings is 1. The van der Waals surface area contributed by atoms with Gasteiger partial charge in [-0.15, -0.1) is 10.2 Å². The molecular weight excluding hydrogens is 296 g/mol. The molecule has 1 N–H and O–H groups in total. The molecule has 0 bridgehead atoms. The van der Waals surface area contributed by atoms with Gasteiger partial charge >= 0.3 is 0 Å². The van der Waals surface area contributed by atoms with Crippen molar-refractivity contribution in [3.8, 4) is 0 Å². The number of aromatic amines is 1. The smallest absolute Gasteiger partial charge is 0.151 e. The number of hydrogen-bond acceptors (Lipinski definition) is 3. The van der Waals surface area contributed by atoms with E-state index >= 15 is 0 Å². The number of fused-ring (bicyclic) bond motifs is 1. The van der Waals surface area contributed by atoms with Crippen LogP contribution < -0.4 is 4.90 Å². The summed E-state index contributed by atoms with van der Waals surface area (Å²) in [6.07, 6.45) is 4.44. The maximum Gasteiger partial charge on any atom is 0.151 e. The first kappa shape index (κ1) is 13.6. The Bertz CT molecular complexity index is 773. The highest BCUT2D eigenvalue weighted by molar-refractivity contribution is 6.29. The summed E-state index contributed by atoms with van der Waals surface area (Å²) in [5, 5.41) is 9.91. The molecule has 3 heterocycles. The van der Waals surface area contributed by atoms with Gasteiger partial charge in [0.05, 0.1) is 0 Å². The Balaban J connectivity index is 1.51. The maximum atomic E-state index is 5.80. The SMILES string of the molecule is Clc1ccc(N2CCC(c3c[nH]c4ccccc34)CC2)nn1. The second-order valence-electron chi connectivity index (χ2n) is 5.77. The Labute approximate surface area is 134 Å². The largest absolute Gasteiger partial charge is 0.361 e. The Kier molecular flexibility index (Phi) is 3.47. The van der Waals surface area contributed by atoms with Gasteiger partial charge in [-0.2, -0.15) is 0 Å². The van der Waals surface area contributed by atoms with Gasteiger partial charge in [0.2, 0.25) is 0 Å². The van der Waals surface area contributed by atoms with Crippen LogP contribution in [0.2, 0.25) is 5.15 Å². The van der Waals surface area contributed by atoms with Crippen molar-refractivity contribution in [2.24, 2.45) is 0 Å². The summed E-state index contributed by atoms with van der Waals surface area (Å²) < 4.78 is 0. The molecule has 2 aromatic heterocycles. The number of nitrogens with zero attached hydrogens (tertiary/aromatic N) is 3. The molecule has 1 saturated heterocycles. The van der Waals surface area contributed by atoms with Gasteiger partial charge in [0.15, 0.2) is 11.0 Å². The second kappa shape index (κ2) is 5.61. The molecule has 1 fully saturated rings. The van der Waals surface area contributed by atoms with E-state index in [0.717, 1.165) is 31.7 Å². The monoisotopic (exact) mass is 312 g/mol. The number of para-hydroxylation sites is 1. The third-order valence-electron chi connectivity index (χ3n) is 4.50. The summed E-state index contributed by atoms with van der Waals surface area (Å²) in [4.78, 5) is 5.67. The quantitative estimate of drug-likeness (QED) is 0.778. The number of hydrogen-bond donors (Lipinski definition) is 1. The number of H-pyrrole nitrogens is 1. The van der Waals surface area contributed by atoms with Gasteiger partial charge in [0.25, 0.3) is 0 Å². The number of nitrogens with one attached hydrogen (secondary N) is 1. The van der Waals surface area contributed by atoms with Crippen molar-refractivity contribution in [2.45, 2.75) is 18.8 Å². The summed E-state index contributed by atoms with van der Waals surface area (Å²) in [5.74, 6) is 1.52. The van der Waals surface area contributed by atoms with E-state index in [9.17, 15) is 0 Å². The lowest BCUT2D eigenvalue weighted by atomic mass is 9.89. The van der Waals surface area contributed by atoms with E-state index in [1.165, 1.54) is 16.5 Å². The second-order valence-corrected chi connectivity index (χ2v) is 6.15. The van der Waals surface area contributed by atoms with Crippen molar-refractivity contribution in [3.05, 3.63) is 53.3 Å². The van der Waals surface area contributed by atoms with Crippen LogP contribution in [0.5, 0.6) is 0 Å². The zero-order chi connectivity index (χ0) is 14.9. The van der Waals surface area contributed by atoms with Crippen LogP contribution in [0.25, 0.3) is 10.9 Å². The van der Waals surface area contributed by atoms with E-state index in [2.05, 4.69) is 50.5 Å². The molecule has 1 aliphatic heterocycles. The third kappa shape index (κ3) is 2.44. The molecule has 5 heteroatoms. The molecule has 4 nitrogen and oxygen atoms in total. The fourth-order valence-electron chi connectivity index (χ4n) is 3.33. The lowest BCUT2D eigenvalue weighted by molar-refractivity contribution is 0.504. The van der Waals surface area contributed by atoms with Crippen LogP contribution in [0.15, 0.2) is 42.6 Å². The molecule has 0 radical (unpaired) electrons. The highest BCUT2D eigenvalue weighted by Gasteiger charge is 2.23. The van der Waals surface area contributed by atoms with Crippen LogP contribution in [0.4, 0.5) is 5.82 Å². The van der Waals surface area contributed by atoms with Crippen LogP contribution >= 0.6 is 11.6 Å². The summed E-state index contributed by atoms with van der Waals surface area (Å²) >= 11 is 5.80. The predicted molar refractivity (Wildman–Crippen MR) is 89.5 cm³/mol. The van der Waals surface area contributed by atoms with E-state index in [-0.39, 0.29) is 0 Å². The average Bonchev–Trinajstić information content (AvgIpc) is 3.00. The van der Waals surface area contributed by atoms with Crippen LogP contribution in [-0.2, 0) is 0 Å². The maximum absolute atomic E-state index is 5.80. The van der Waals surface area contributed by atoms with Gasteiger partial charge in [0, 0.05) is 30.2 Å². The normalized spacial score (nSPS) is 16.3. The Morgan fingerprint density at radius 3 is 2.64 bits per heavy atom. The molecule has 0 saturated carbocycles. The van der Waals surface area contributed by atoms with Crippen molar-refractivity contribution in [3.63, 3.8) is 0 Å². The zero-order valence-electron chi connectivity index (χ0n) is 12.2. The van der Waals surface area contributed by atoms with Crippen molar-refractivity contribution in [1.29, 1.82) is 0 Å². The van der Waals surface area contributed by atoms with E-state index in [1.54, 1.807) is 6.07 Å². The van der Waals surface area contributed by atoms with E-state index in [1.807, 2.05) is 6.07 Å². The van der Waals surface area contributed by atoms with Crippen LogP contribution in [0.1, 0.15) is 24.3 Å². The van der Waals surface area contributed by atoms with Gasteiger partial charge in [-0.25, -0.2) is 0 Å². The standard InChI is InChI=1S/C17H17ClN4/c18-16-5-6-17(21-20-16)22-9-7-12(8-10-22)14-11-19-15-4-2-1-3-13(14)15/h1-6,11-12,19H,7-10H2. The molecule has 0 unspecified atom stereocenters. The molecule has 4 rings (SSSR count). The van der Waals surface area contributed by atoms with Crippen LogP contribution in [0.3, 0.4) is 0 Å². The van der Waals surface area contributed by atoms with Gasteiger partial charge in [-0.1, -0.05) is 29.8 Å². The molecule has 0 atom stereocenters. The highest BCUT2D eigenvalue weighted by atomic mass is 35.5. The van der Waals surface area contributed by atoms with E-state index in [0.29, 0.717) is 11.1 Å². The number of benzene rings is 1. The van der Waals surface area contributed by atoms with Gasteiger partial charge in [0.1, 0.15) is 0 Å². The average molecular weight is 313 g/mol. The minimum absolute atomic E-state index is 0.442. The molecule has 3 aromatic rings. The van der Waals surface area contributed by atoms with Gasteiger partial charge in [-0.3, -0.25) is 0 Å². The van der Waals surface area contributed by atoms with E-state index in [4.69, 9.17) is 11.6 Å². The molecule has 1 aromatic carbocycles. The number of anilines is 1. The number of rotatable bonds is 2. The first-order valence-electron chi connectivity index (χ1n) is 7.61. The number of aromatic nitrogens is 3. The summed E-state index contributed by atoms with van der Waals surface area (Å²) in [6.45, 7) is 2.00. The molecule has 0 amide bonds. The van der Waals surface area contributed by atoms with Crippen molar-refractivity contribution in [2.75, 3.05) is 18.0 Å². The Morgan fingerprint density at radius 1 is 1.05 bits per heavy atom. The zero-order valence-corrected chi connectivity index (χ0v) is 12.9. The Hall–Kier alpha value is -2.07. The number of halogens is 1. The van der Waals surface area contributed by atoms with Gasteiger partial charge < -0.3 is 9.88 Å². The fourth-order valence-corrected chi connectivity index (χ4v) is 3.43. The van der Waals surface area contributed by atoms with Crippen molar-refractivity contribution >= 4 is 28.3 Å². The first-order valence-corrected chi connectivity index (χ1v) is 7.99. The molecule has 1 aliphatic rings. The summed E-state index contributed by atoms with van der Waals surface area (Å²) in [7, 11) is 0. The molecular formula is C17H17ClN4. The lowest BCUT2D eigenvalue weighted by Crippen LogP contribution is -2.33. The first-order chi connectivity index (χ1) is 10.8. The Morgan fingerprint density at radius 2 is 1.86 bits per heavy atom. The van der Waals surface area contributed by atoms with Crippen LogP contribution in [-0.4, -0.2) is 28.3 Å². The predicted octanol–water partition coefficient (Wildman–Crippen LogP) is 4.00. The van der Waals surface area contributed by atoms with Crippen molar-refractivity contribution in [1.82, 2.24) is 15.2 Å². The molecule has 22 heavy (non-hydrogen) atoms. The van der Waals surface area contributed by atoms with E-state index < -0.39 is 0 Å². The van der Waals surface area contributed by atoms with Crippen LogP contribution in [0, 0.1) is 0 Å². The third-order valence-corrected chi connectivity index (χ3v) is 4.70. The van der Waals surface area contributed by atoms with Gasteiger partial charge in [-0.05, 0) is 42.5 Å². The fraction of sp³-hybridized carbons (Fsp3) is 0.294. The summed E-state index contributed by atoms with van der Waals surface area (Å²) in [5.41, 5.74) is 2.67. The molecule has 0 aliphatic carbocycles. The topological polar surface area (TPSA) is 44.8 Å². The summed E-state index contributed by atoms with van der Waals surface area (Å²) in [6, 6.07) is 12.3.